The molecule has 2 aliphatic rings. The first-order chi connectivity index (χ1) is 15.4. The van der Waals surface area contributed by atoms with Gasteiger partial charge in [-0.2, -0.15) is 0 Å². The van der Waals surface area contributed by atoms with Gasteiger partial charge in [-0.25, -0.2) is 0 Å². The van der Waals surface area contributed by atoms with E-state index in [1.807, 2.05) is 24.0 Å². The number of fused-ring (bicyclic) bond motifs is 5. The summed E-state index contributed by atoms with van der Waals surface area (Å²) in [4.78, 5) is 34.4. The minimum absolute atomic E-state index is 0.0261. The van der Waals surface area contributed by atoms with Crippen molar-refractivity contribution in [2.24, 2.45) is 0 Å². The quantitative estimate of drug-likeness (QED) is 0.598. The zero-order valence-electron chi connectivity index (χ0n) is 19.1. The number of piperazine rings is 1. The molecule has 0 spiro atoms. The minimum Gasteiger partial charge on any atom is -0.356 e. The Bertz CT molecular complexity index is 1180. The van der Waals surface area contributed by atoms with Crippen LogP contribution >= 0.6 is 0 Å². The first-order valence-corrected chi connectivity index (χ1v) is 11.7. The lowest BCUT2D eigenvalue weighted by atomic mass is 9.76. The lowest BCUT2D eigenvalue weighted by Crippen LogP contribution is -2.67. The molecule has 1 aromatic heterocycles. The van der Waals surface area contributed by atoms with Gasteiger partial charge in [0.05, 0.1) is 12.2 Å². The van der Waals surface area contributed by atoms with E-state index in [0.29, 0.717) is 13.1 Å². The Morgan fingerprint density at radius 2 is 1.81 bits per heavy atom. The van der Waals surface area contributed by atoms with Crippen LogP contribution in [-0.4, -0.2) is 46.2 Å². The van der Waals surface area contributed by atoms with Crippen molar-refractivity contribution in [1.82, 2.24) is 14.8 Å². The molecule has 1 N–H and O–H groups in total. The van der Waals surface area contributed by atoms with Crippen LogP contribution in [0.15, 0.2) is 48.5 Å². The van der Waals surface area contributed by atoms with Crippen LogP contribution in [0.4, 0.5) is 0 Å². The first-order valence-electron chi connectivity index (χ1n) is 11.7. The summed E-state index contributed by atoms with van der Waals surface area (Å²) >= 11 is 0. The van der Waals surface area contributed by atoms with Crippen molar-refractivity contribution in [3.8, 4) is 0 Å². The second-order valence-corrected chi connectivity index (χ2v) is 9.43. The molecule has 0 radical (unpaired) electrons. The fraction of sp³-hybridized carbons (Fsp3) is 0.407. The van der Waals surface area contributed by atoms with Crippen LogP contribution in [0.2, 0.25) is 0 Å². The standard InChI is InChI=1S/C27H31N3O2/c1-4-5-8-15-29-17-23(31)30-16-21(19-13-11-18(2)12-14-19)24-20-9-6-7-10-22(20)28-25(24)27(30,3)26(29)32/h6-7,9-14,21,28H,4-5,8,15-17H2,1-3H3. The third-order valence-corrected chi connectivity index (χ3v) is 7.33. The predicted octanol–water partition coefficient (Wildman–Crippen LogP) is 4.70. The average Bonchev–Trinajstić information content (AvgIpc) is 3.19. The zero-order chi connectivity index (χ0) is 22.5. The van der Waals surface area contributed by atoms with Crippen molar-refractivity contribution >= 4 is 22.7 Å². The van der Waals surface area contributed by atoms with Gasteiger partial charge in [0.1, 0.15) is 0 Å². The van der Waals surface area contributed by atoms with Gasteiger partial charge in [-0.05, 0) is 37.5 Å². The van der Waals surface area contributed by atoms with Crippen LogP contribution in [0.1, 0.15) is 61.4 Å². The molecule has 2 amide bonds. The monoisotopic (exact) mass is 429 g/mol. The van der Waals surface area contributed by atoms with E-state index in [4.69, 9.17) is 0 Å². The summed E-state index contributed by atoms with van der Waals surface area (Å²) in [5.41, 5.74) is 4.42. The van der Waals surface area contributed by atoms with E-state index < -0.39 is 5.54 Å². The van der Waals surface area contributed by atoms with Gasteiger partial charge in [-0.3, -0.25) is 9.59 Å². The summed E-state index contributed by atoms with van der Waals surface area (Å²) in [6.07, 6.45) is 3.08. The lowest BCUT2D eigenvalue weighted by molar-refractivity contribution is -0.166. The molecule has 166 valence electrons. The van der Waals surface area contributed by atoms with Crippen LogP contribution in [0.25, 0.3) is 10.9 Å². The zero-order valence-corrected chi connectivity index (χ0v) is 19.1. The number of rotatable bonds is 5. The number of H-pyrrole nitrogens is 1. The molecule has 2 aromatic carbocycles. The van der Waals surface area contributed by atoms with E-state index in [-0.39, 0.29) is 24.3 Å². The van der Waals surface area contributed by atoms with Crippen LogP contribution < -0.4 is 0 Å². The molecule has 3 aromatic rings. The molecule has 2 unspecified atom stereocenters. The number of amides is 2. The maximum absolute atomic E-state index is 13.9. The Morgan fingerprint density at radius 1 is 1.06 bits per heavy atom. The largest absolute Gasteiger partial charge is 0.356 e. The summed E-state index contributed by atoms with van der Waals surface area (Å²) in [6, 6.07) is 16.8. The molecule has 2 atom stereocenters. The van der Waals surface area contributed by atoms with Crippen LogP contribution in [0, 0.1) is 6.92 Å². The summed E-state index contributed by atoms with van der Waals surface area (Å²) < 4.78 is 0. The molecular formula is C27H31N3O2. The number of carbonyl (C=O) groups excluding carboxylic acids is 2. The Hall–Kier alpha value is -3.08. The SMILES string of the molecule is CCCCCN1CC(=O)N2CC(c3ccc(C)cc3)c3c([nH]c4ccccc34)C2(C)C1=O. The second kappa shape index (κ2) is 7.80. The molecule has 5 heteroatoms. The number of hydrogen-bond donors (Lipinski definition) is 1. The van der Waals surface area contributed by atoms with Gasteiger partial charge in [0.15, 0.2) is 5.54 Å². The molecule has 0 bridgehead atoms. The molecule has 5 nitrogen and oxygen atoms in total. The van der Waals surface area contributed by atoms with Gasteiger partial charge in [0.25, 0.3) is 5.91 Å². The fourth-order valence-corrected chi connectivity index (χ4v) is 5.51. The highest BCUT2D eigenvalue weighted by molar-refractivity contribution is 6.01. The number of nitrogens with one attached hydrogen (secondary N) is 1. The van der Waals surface area contributed by atoms with E-state index in [0.717, 1.165) is 41.4 Å². The molecule has 1 fully saturated rings. The third-order valence-electron chi connectivity index (χ3n) is 7.33. The number of carbonyl (C=O) groups is 2. The summed E-state index contributed by atoms with van der Waals surface area (Å²) in [5.74, 6) is 0.0894. The van der Waals surface area contributed by atoms with Crippen LogP contribution in [0.5, 0.6) is 0 Å². The van der Waals surface area contributed by atoms with Gasteiger partial charge < -0.3 is 14.8 Å². The van der Waals surface area contributed by atoms with Gasteiger partial charge in [-0.15, -0.1) is 0 Å². The van der Waals surface area contributed by atoms with Gasteiger partial charge in [0.2, 0.25) is 5.91 Å². The molecule has 0 saturated carbocycles. The Balaban J connectivity index is 1.67. The molecule has 3 heterocycles. The number of aryl methyl sites for hydroxylation is 1. The summed E-state index contributed by atoms with van der Waals surface area (Å²) in [5, 5.41) is 1.14. The maximum Gasteiger partial charge on any atom is 0.254 e. The van der Waals surface area contributed by atoms with Crippen molar-refractivity contribution in [1.29, 1.82) is 0 Å². The van der Waals surface area contributed by atoms with E-state index in [9.17, 15) is 9.59 Å². The second-order valence-electron chi connectivity index (χ2n) is 9.43. The molecule has 1 saturated heterocycles. The normalized spacial score (nSPS) is 22.9. The highest BCUT2D eigenvalue weighted by Crippen LogP contribution is 2.48. The number of aromatic nitrogens is 1. The number of nitrogens with zero attached hydrogens (tertiary/aromatic N) is 2. The Morgan fingerprint density at radius 3 is 2.56 bits per heavy atom. The van der Waals surface area contributed by atoms with Crippen LogP contribution in [0.3, 0.4) is 0 Å². The van der Waals surface area contributed by atoms with Gasteiger partial charge in [0, 0.05) is 29.9 Å². The number of hydrogen-bond acceptors (Lipinski definition) is 2. The number of benzene rings is 2. The van der Waals surface area contributed by atoms with E-state index in [2.05, 4.69) is 55.2 Å². The van der Waals surface area contributed by atoms with E-state index >= 15 is 0 Å². The number of unbranched alkanes of at least 4 members (excludes halogenated alkanes) is 2. The highest BCUT2D eigenvalue weighted by atomic mass is 16.2. The molecule has 5 rings (SSSR count). The molecule has 32 heavy (non-hydrogen) atoms. The van der Waals surface area contributed by atoms with E-state index in [1.165, 1.54) is 11.1 Å². The predicted molar refractivity (Wildman–Crippen MR) is 126 cm³/mol. The van der Waals surface area contributed by atoms with Gasteiger partial charge >= 0.3 is 0 Å². The third kappa shape index (κ3) is 3.06. The molecular weight excluding hydrogens is 398 g/mol. The number of aromatic amines is 1. The molecule has 2 aliphatic heterocycles. The number of para-hydroxylation sites is 1. The minimum atomic E-state index is -1.00. The lowest BCUT2D eigenvalue weighted by Gasteiger charge is -2.51. The van der Waals surface area contributed by atoms with Crippen molar-refractivity contribution in [2.75, 3.05) is 19.6 Å². The van der Waals surface area contributed by atoms with E-state index in [1.54, 1.807) is 4.90 Å². The van der Waals surface area contributed by atoms with Gasteiger partial charge in [-0.1, -0.05) is 67.8 Å². The van der Waals surface area contributed by atoms with Crippen LogP contribution in [-0.2, 0) is 15.1 Å². The fourth-order valence-electron chi connectivity index (χ4n) is 5.51. The Labute approximate surface area is 189 Å². The van der Waals surface area contributed by atoms with Crippen molar-refractivity contribution in [3.05, 3.63) is 70.9 Å². The summed E-state index contributed by atoms with van der Waals surface area (Å²) in [6.45, 7) is 7.49. The smallest absolute Gasteiger partial charge is 0.254 e. The highest BCUT2D eigenvalue weighted by Gasteiger charge is 2.56. The van der Waals surface area contributed by atoms with Crippen molar-refractivity contribution in [3.63, 3.8) is 0 Å². The van der Waals surface area contributed by atoms with Crippen molar-refractivity contribution in [2.45, 2.75) is 51.5 Å². The molecule has 0 aliphatic carbocycles. The van der Waals surface area contributed by atoms with Crippen molar-refractivity contribution < 1.29 is 9.59 Å². The summed E-state index contributed by atoms with van der Waals surface area (Å²) in [7, 11) is 0. The topological polar surface area (TPSA) is 56.4 Å². The Kier molecular flexibility index (Phi) is 5.07. The average molecular weight is 430 g/mol. The first kappa shape index (κ1) is 20.8. The maximum atomic E-state index is 13.9.